The molecule has 0 aliphatic rings. The largest absolute Gasteiger partial charge is 0.497 e. The van der Waals surface area contributed by atoms with E-state index in [1.165, 1.54) is 0 Å². The summed E-state index contributed by atoms with van der Waals surface area (Å²) >= 11 is 0. The highest BCUT2D eigenvalue weighted by molar-refractivity contribution is 5.97. The Morgan fingerprint density at radius 2 is 1.57 bits per heavy atom. The summed E-state index contributed by atoms with van der Waals surface area (Å²) in [6.45, 7) is 4.00. The zero-order valence-corrected chi connectivity index (χ0v) is 13.8. The molecule has 0 aliphatic heterocycles. The molecule has 3 aromatic rings. The van der Waals surface area contributed by atoms with Crippen molar-refractivity contribution in [3.8, 4) is 22.8 Å². The van der Waals surface area contributed by atoms with E-state index in [4.69, 9.17) is 13.9 Å². The second-order valence-electron chi connectivity index (χ2n) is 4.59. The summed E-state index contributed by atoms with van der Waals surface area (Å²) in [5, 5.41) is 0.835. The molecule has 0 amide bonds. The summed E-state index contributed by atoms with van der Waals surface area (Å²) in [7, 11) is 3.19. The highest BCUT2D eigenvalue weighted by Gasteiger charge is 2.12. The summed E-state index contributed by atoms with van der Waals surface area (Å²) in [6, 6.07) is 13.0. The predicted molar refractivity (Wildman–Crippen MR) is 91.5 cm³/mol. The van der Waals surface area contributed by atoms with Gasteiger partial charge in [0.05, 0.1) is 19.8 Å². The van der Waals surface area contributed by atoms with E-state index >= 15 is 0 Å². The summed E-state index contributed by atoms with van der Waals surface area (Å²) in [5.41, 5.74) is 1.96. The molecular weight excluding hydrogens is 292 g/mol. The van der Waals surface area contributed by atoms with Crippen LogP contribution in [-0.4, -0.2) is 20.5 Å². The first kappa shape index (κ1) is 16.6. The van der Waals surface area contributed by atoms with Crippen LogP contribution >= 0.6 is 0 Å². The number of rotatable bonds is 4. The zero-order chi connectivity index (χ0) is 16.8. The Balaban J connectivity index is 0.000000924. The van der Waals surface area contributed by atoms with Gasteiger partial charge in [-0.2, -0.15) is 0 Å². The van der Waals surface area contributed by atoms with Gasteiger partial charge in [-0.25, -0.2) is 0 Å². The quantitative estimate of drug-likeness (QED) is 0.639. The number of hydrogen-bond donors (Lipinski definition) is 0. The van der Waals surface area contributed by atoms with E-state index in [-0.39, 0.29) is 0 Å². The van der Waals surface area contributed by atoms with E-state index in [1.807, 2.05) is 50.2 Å². The molecule has 0 aliphatic carbocycles. The number of benzene rings is 2. The van der Waals surface area contributed by atoms with Gasteiger partial charge in [0.2, 0.25) is 0 Å². The second kappa shape index (κ2) is 7.49. The van der Waals surface area contributed by atoms with Crippen LogP contribution in [0.2, 0.25) is 0 Å². The third-order valence-electron chi connectivity index (χ3n) is 3.36. The topological polar surface area (TPSA) is 48.7 Å². The van der Waals surface area contributed by atoms with Gasteiger partial charge in [-0.1, -0.05) is 13.8 Å². The van der Waals surface area contributed by atoms with E-state index < -0.39 is 0 Å². The maximum Gasteiger partial charge on any atom is 0.153 e. The van der Waals surface area contributed by atoms with Crippen molar-refractivity contribution in [2.24, 2.45) is 0 Å². The summed E-state index contributed by atoms with van der Waals surface area (Å²) in [4.78, 5) is 11.2. The molecule has 120 valence electrons. The molecule has 0 spiro atoms. The molecule has 2 aromatic carbocycles. The number of methoxy groups -OCH3 is 2. The van der Waals surface area contributed by atoms with Crippen LogP contribution in [0.1, 0.15) is 24.2 Å². The number of furan rings is 1. The van der Waals surface area contributed by atoms with E-state index in [0.29, 0.717) is 22.7 Å². The Labute approximate surface area is 135 Å². The van der Waals surface area contributed by atoms with E-state index in [2.05, 4.69) is 0 Å². The third kappa shape index (κ3) is 3.37. The van der Waals surface area contributed by atoms with Crippen LogP contribution in [0.5, 0.6) is 11.5 Å². The smallest absolute Gasteiger partial charge is 0.153 e. The Bertz CT molecular complexity index is 785. The molecule has 0 saturated carbocycles. The SMILES string of the molecule is CC.COc1ccc(-c2cc3cc(OC)cc(C=O)c3o2)cc1. The Morgan fingerprint density at radius 1 is 0.913 bits per heavy atom. The molecular formula is C19H20O4. The number of ether oxygens (including phenoxy) is 2. The van der Waals surface area contributed by atoms with Crippen LogP contribution in [0.15, 0.2) is 46.9 Å². The fourth-order valence-electron chi connectivity index (χ4n) is 2.25. The molecule has 0 bridgehead atoms. The van der Waals surface area contributed by atoms with Crippen LogP contribution in [0, 0.1) is 0 Å². The second-order valence-corrected chi connectivity index (χ2v) is 4.59. The molecule has 4 nitrogen and oxygen atoms in total. The Morgan fingerprint density at radius 3 is 2.13 bits per heavy atom. The molecule has 23 heavy (non-hydrogen) atoms. The minimum Gasteiger partial charge on any atom is -0.497 e. The summed E-state index contributed by atoms with van der Waals surface area (Å²) < 4.78 is 16.2. The lowest BCUT2D eigenvalue weighted by molar-refractivity contribution is 0.112. The average molecular weight is 312 g/mol. The monoisotopic (exact) mass is 312 g/mol. The molecule has 0 N–H and O–H groups in total. The van der Waals surface area contributed by atoms with E-state index in [1.54, 1.807) is 20.3 Å². The number of fused-ring (bicyclic) bond motifs is 1. The van der Waals surface area contributed by atoms with Crippen molar-refractivity contribution in [3.05, 3.63) is 48.0 Å². The van der Waals surface area contributed by atoms with Crippen molar-refractivity contribution in [2.45, 2.75) is 13.8 Å². The van der Waals surface area contributed by atoms with Gasteiger partial charge in [0.25, 0.3) is 0 Å². The van der Waals surface area contributed by atoms with Gasteiger partial charge in [0.1, 0.15) is 22.8 Å². The molecule has 0 radical (unpaired) electrons. The number of hydrogen-bond acceptors (Lipinski definition) is 4. The van der Waals surface area contributed by atoms with Gasteiger partial charge in [0.15, 0.2) is 6.29 Å². The molecule has 1 heterocycles. The van der Waals surface area contributed by atoms with Crippen molar-refractivity contribution < 1.29 is 18.7 Å². The Hall–Kier alpha value is -2.75. The van der Waals surface area contributed by atoms with Gasteiger partial charge in [-0.3, -0.25) is 4.79 Å². The zero-order valence-electron chi connectivity index (χ0n) is 13.8. The third-order valence-corrected chi connectivity index (χ3v) is 3.36. The highest BCUT2D eigenvalue weighted by atomic mass is 16.5. The predicted octanol–water partition coefficient (Wildman–Crippen LogP) is 4.96. The standard InChI is InChI=1S/C17H14O4.C2H6/c1-19-14-5-3-11(4-6-14)16-9-12-7-15(20-2)8-13(10-18)17(12)21-16;1-2/h3-10H,1-2H3;1-2H3. The number of carbonyl (C=O) groups excluding carboxylic acids is 1. The molecule has 1 aromatic heterocycles. The van der Waals surface area contributed by atoms with Crippen LogP contribution in [0.3, 0.4) is 0 Å². The average Bonchev–Trinajstić information content (AvgIpc) is 3.06. The maximum absolute atomic E-state index is 11.2. The first-order chi connectivity index (χ1) is 11.2. The van der Waals surface area contributed by atoms with Crippen molar-refractivity contribution in [1.82, 2.24) is 0 Å². The van der Waals surface area contributed by atoms with Gasteiger partial charge >= 0.3 is 0 Å². The van der Waals surface area contributed by atoms with Gasteiger partial charge in [-0.15, -0.1) is 0 Å². The maximum atomic E-state index is 11.2. The lowest BCUT2D eigenvalue weighted by Crippen LogP contribution is -1.86. The first-order valence-electron chi connectivity index (χ1n) is 7.46. The van der Waals surface area contributed by atoms with Crippen molar-refractivity contribution in [1.29, 1.82) is 0 Å². The Kier molecular flexibility index (Phi) is 5.41. The minimum absolute atomic E-state index is 0.476. The fraction of sp³-hybridized carbons (Fsp3) is 0.211. The minimum atomic E-state index is 0.476. The molecule has 3 rings (SSSR count). The normalized spacial score (nSPS) is 9.91. The first-order valence-corrected chi connectivity index (χ1v) is 7.46. The van der Waals surface area contributed by atoms with E-state index in [0.717, 1.165) is 23.0 Å². The molecule has 0 fully saturated rings. The van der Waals surface area contributed by atoms with E-state index in [9.17, 15) is 4.79 Å². The lowest BCUT2D eigenvalue weighted by Gasteiger charge is -2.01. The van der Waals surface area contributed by atoms with Gasteiger partial charge in [0, 0.05) is 10.9 Å². The lowest BCUT2D eigenvalue weighted by atomic mass is 10.1. The van der Waals surface area contributed by atoms with Crippen molar-refractivity contribution in [2.75, 3.05) is 14.2 Å². The fourth-order valence-corrected chi connectivity index (χ4v) is 2.25. The van der Waals surface area contributed by atoms with Crippen LogP contribution < -0.4 is 9.47 Å². The molecule has 0 atom stereocenters. The summed E-state index contributed by atoms with van der Waals surface area (Å²) in [6.07, 6.45) is 0.770. The van der Waals surface area contributed by atoms with Crippen molar-refractivity contribution in [3.63, 3.8) is 0 Å². The van der Waals surface area contributed by atoms with Crippen LogP contribution in [0.4, 0.5) is 0 Å². The number of aldehydes is 1. The van der Waals surface area contributed by atoms with Crippen LogP contribution in [0.25, 0.3) is 22.3 Å². The molecule has 0 saturated heterocycles. The molecule has 0 unspecified atom stereocenters. The van der Waals surface area contributed by atoms with Gasteiger partial charge in [-0.05, 0) is 42.5 Å². The summed E-state index contributed by atoms with van der Waals surface area (Å²) in [5.74, 6) is 2.11. The highest BCUT2D eigenvalue weighted by Crippen LogP contribution is 2.32. The number of carbonyl (C=O) groups is 1. The van der Waals surface area contributed by atoms with Crippen LogP contribution in [-0.2, 0) is 0 Å². The van der Waals surface area contributed by atoms with Crippen molar-refractivity contribution >= 4 is 17.3 Å². The van der Waals surface area contributed by atoms with Gasteiger partial charge < -0.3 is 13.9 Å². The molecule has 4 heteroatoms.